The van der Waals surface area contributed by atoms with Crippen molar-refractivity contribution in [3.8, 4) is 11.8 Å². The Morgan fingerprint density at radius 1 is 1.25 bits per heavy atom. The van der Waals surface area contributed by atoms with Gasteiger partial charge in [-0.2, -0.15) is 5.26 Å². The molecule has 1 saturated heterocycles. The minimum Gasteiger partial charge on any atom is -0.508 e. The summed E-state index contributed by atoms with van der Waals surface area (Å²) in [7, 11) is 0. The predicted molar refractivity (Wildman–Crippen MR) is 58.0 cm³/mol. The zero-order chi connectivity index (χ0) is 11.4. The van der Waals surface area contributed by atoms with E-state index in [9.17, 15) is 10.4 Å². The number of hydrogen-bond donors (Lipinski definition) is 2. The number of quaternary nitrogens is 1. The second kappa shape index (κ2) is 4.97. The Morgan fingerprint density at radius 2 is 1.88 bits per heavy atom. The summed E-state index contributed by atoms with van der Waals surface area (Å²) in [6.45, 7) is 3.15. The Kier molecular flexibility index (Phi) is 3.40. The maximum Gasteiger partial charge on any atom is 0.200 e. The van der Waals surface area contributed by atoms with E-state index in [-0.39, 0.29) is 11.8 Å². The summed E-state index contributed by atoms with van der Waals surface area (Å²) in [6.07, 6.45) is 0. The van der Waals surface area contributed by atoms with E-state index in [1.54, 1.807) is 12.1 Å². The van der Waals surface area contributed by atoms with E-state index in [2.05, 4.69) is 6.07 Å². The molecule has 4 nitrogen and oxygen atoms in total. The Bertz CT molecular complexity index is 377. The van der Waals surface area contributed by atoms with Gasteiger partial charge in [0.2, 0.25) is 6.04 Å². The zero-order valence-corrected chi connectivity index (χ0v) is 9.02. The summed E-state index contributed by atoms with van der Waals surface area (Å²) in [4.78, 5) is 1.24. The highest BCUT2D eigenvalue weighted by molar-refractivity contribution is 5.29. The second-order valence-corrected chi connectivity index (χ2v) is 3.92. The first-order valence-corrected chi connectivity index (χ1v) is 5.42. The summed E-state index contributed by atoms with van der Waals surface area (Å²) in [5.74, 6) is 0.234. The molecule has 0 saturated carbocycles. The lowest BCUT2D eigenvalue weighted by Gasteiger charge is -2.27. The fraction of sp³-hybridized carbons (Fsp3) is 0.417. The summed E-state index contributed by atoms with van der Waals surface area (Å²) in [5.41, 5.74) is 0.956. The number of hydrogen-bond acceptors (Lipinski definition) is 3. The molecular formula is C12H15N2O2+. The van der Waals surface area contributed by atoms with E-state index in [0.29, 0.717) is 13.2 Å². The van der Waals surface area contributed by atoms with Crippen LogP contribution < -0.4 is 4.90 Å². The van der Waals surface area contributed by atoms with Gasteiger partial charge in [-0.15, -0.1) is 0 Å². The van der Waals surface area contributed by atoms with E-state index < -0.39 is 0 Å². The molecule has 0 bridgehead atoms. The normalized spacial score (nSPS) is 18.9. The molecule has 0 amide bonds. The highest BCUT2D eigenvalue weighted by atomic mass is 16.5. The molecule has 2 rings (SSSR count). The van der Waals surface area contributed by atoms with Gasteiger partial charge in [0.15, 0.2) is 0 Å². The average Bonchev–Trinajstić information content (AvgIpc) is 2.34. The number of phenols is 1. The first-order valence-electron chi connectivity index (χ1n) is 5.42. The highest BCUT2D eigenvalue weighted by Crippen LogP contribution is 2.14. The van der Waals surface area contributed by atoms with Crippen LogP contribution in [-0.4, -0.2) is 31.4 Å². The third kappa shape index (κ3) is 2.32. The third-order valence-electron chi connectivity index (χ3n) is 2.90. The summed E-state index contributed by atoms with van der Waals surface area (Å²) in [6, 6.07) is 9.04. The van der Waals surface area contributed by atoms with Crippen molar-refractivity contribution in [2.45, 2.75) is 6.04 Å². The van der Waals surface area contributed by atoms with Crippen molar-refractivity contribution in [2.24, 2.45) is 0 Å². The van der Waals surface area contributed by atoms with Gasteiger partial charge >= 0.3 is 0 Å². The van der Waals surface area contributed by atoms with Crippen LogP contribution in [0.15, 0.2) is 24.3 Å². The molecule has 0 aromatic heterocycles. The predicted octanol–water partition coefficient (Wildman–Crippen LogP) is -0.128. The van der Waals surface area contributed by atoms with Crippen LogP contribution in [0, 0.1) is 11.3 Å². The first kappa shape index (κ1) is 10.9. The molecular weight excluding hydrogens is 204 g/mol. The third-order valence-corrected chi connectivity index (χ3v) is 2.90. The standard InChI is InChI=1S/C12H14N2O2/c13-9-12(14-5-7-16-8-6-14)10-1-3-11(15)4-2-10/h1-4,12,15H,5-8H2/p+1/t12-/m1/s1. The lowest BCUT2D eigenvalue weighted by Crippen LogP contribution is -3.14. The number of nitrogens with zero attached hydrogens (tertiary/aromatic N) is 1. The van der Waals surface area contributed by atoms with E-state index in [1.165, 1.54) is 4.90 Å². The molecule has 1 atom stereocenters. The number of nitrogens with one attached hydrogen (secondary N) is 1. The lowest BCUT2D eigenvalue weighted by atomic mass is 10.1. The van der Waals surface area contributed by atoms with Gasteiger partial charge in [-0.1, -0.05) is 0 Å². The van der Waals surface area contributed by atoms with Gasteiger partial charge < -0.3 is 14.7 Å². The van der Waals surface area contributed by atoms with Crippen LogP contribution in [0.5, 0.6) is 5.75 Å². The summed E-state index contributed by atoms with van der Waals surface area (Å²) >= 11 is 0. The fourth-order valence-electron chi connectivity index (χ4n) is 1.99. The number of aromatic hydroxyl groups is 1. The van der Waals surface area contributed by atoms with Crippen LogP contribution in [0.3, 0.4) is 0 Å². The molecule has 1 aromatic rings. The molecule has 2 N–H and O–H groups in total. The van der Waals surface area contributed by atoms with Gasteiger partial charge in [0.25, 0.3) is 0 Å². The summed E-state index contributed by atoms with van der Waals surface area (Å²) < 4.78 is 5.28. The molecule has 1 aliphatic heterocycles. The minimum absolute atomic E-state index is 0.163. The smallest absolute Gasteiger partial charge is 0.200 e. The van der Waals surface area contributed by atoms with Gasteiger partial charge in [-0.25, -0.2) is 0 Å². The Morgan fingerprint density at radius 3 is 2.44 bits per heavy atom. The van der Waals surface area contributed by atoms with E-state index in [1.807, 2.05) is 12.1 Å². The van der Waals surface area contributed by atoms with Crippen LogP contribution in [0.25, 0.3) is 0 Å². The molecule has 0 spiro atoms. The zero-order valence-electron chi connectivity index (χ0n) is 9.02. The number of ether oxygens (including phenoxy) is 1. The molecule has 84 valence electrons. The quantitative estimate of drug-likeness (QED) is 0.728. The number of benzene rings is 1. The Hall–Kier alpha value is -1.57. The monoisotopic (exact) mass is 219 g/mol. The summed E-state index contributed by atoms with van der Waals surface area (Å²) in [5, 5.41) is 18.4. The van der Waals surface area contributed by atoms with Gasteiger partial charge in [0.05, 0.1) is 13.2 Å². The van der Waals surface area contributed by atoms with Crippen LogP contribution in [0.1, 0.15) is 11.6 Å². The van der Waals surface area contributed by atoms with Crippen molar-refractivity contribution in [3.05, 3.63) is 29.8 Å². The van der Waals surface area contributed by atoms with Gasteiger partial charge in [0, 0.05) is 5.56 Å². The van der Waals surface area contributed by atoms with Crippen LogP contribution >= 0.6 is 0 Å². The Labute approximate surface area is 94.7 Å². The maximum atomic E-state index is 9.23. The second-order valence-electron chi connectivity index (χ2n) is 3.92. The van der Waals surface area contributed by atoms with Crippen molar-refractivity contribution in [1.29, 1.82) is 5.26 Å². The van der Waals surface area contributed by atoms with E-state index in [4.69, 9.17) is 4.74 Å². The van der Waals surface area contributed by atoms with Gasteiger partial charge in [-0.05, 0) is 24.3 Å². The maximum absolute atomic E-state index is 9.23. The molecule has 16 heavy (non-hydrogen) atoms. The van der Waals surface area contributed by atoms with Crippen LogP contribution in [0.4, 0.5) is 0 Å². The van der Waals surface area contributed by atoms with E-state index in [0.717, 1.165) is 18.7 Å². The topological polar surface area (TPSA) is 57.7 Å². The molecule has 1 fully saturated rings. The lowest BCUT2D eigenvalue weighted by molar-refractivity contribution is -0.930. The molecule has 1 aliphatic rings. The van der Waals surface area contributed by atoms with Crippen molar-refractivity contribution >= 4 is 0 Å². The SMILES string of the molecule is N#C[C@H](c1ccc(O)cc1)[NH+]1CCOCC1. The average molecular weight is 219 g/mol. The highest BCUT2D eigenvalue weighted by Gasteiger charge is 2.25. The number of nitriles is 1. The van der Waals surface area contributed by atoms with Crippen molar-refractivity contribution in [1.82, 2.24) is 0 Å². The number of phenolic OH excluding ortho intramolecular Hbond substituents is 1. The molecule has 1 aromatic carbocycles. The number of morpholine rings is 1. The molecule has 4 heteroatoms. The van der Waals surface area contributed by atoms with Crippen molar-refractivity contribution in [3.63, 3.8) is 0 Å². The van der Waals surface area contributed by atoms with Gasteiger partial charge in [0.1, 0.15) is 24.9 Å². The minimum atomic E-state index is -0.163. The fourth-order valence-corrected chi connectivity index (χ4v) is 1.99. The molecule has 1 heterocycles. The van der Waals surface area contributed by atoms with Crippen LogP contribution in [0.2, 0.25) is 0 Å². The molecule has 0 unspecified atom stereocenters. The van der Waals surface area contributed by atoms with Crippen molar-refractivity contribution < 1.29 is 14.7 Å². The molecule has 0 aliphatic carbocycles. The van der Waals surface area contributed by atoms with Gasteiger partial charge in [-0.3, -0.25) is 0 Å². The first-order chi connectivity index (χ1) is 7.81. The van der Waals surface area contributed by atoms with Crippen LogP contribution in [-0.2, 0) is 4.74 Å². The molecule has 0 radical (unpaired) electrons. The van der Waals surface area contributed by atoms with Crippen molar-refractivity contribution in [2.75, 3.05) is 26.3 Å². The largest absolute Gasteiger partial charge is 0.508 e. The number of rotatable bonds is 2. The van der Waals surface area contributed by atoms with E-state index >= 15 is 0 Å². The Balaban J connectivity index is 2.15.